The Hall–Kier alpha value is -1.59. The van der Waals surface area contributed by atoms with Crippen LogP contribution < -0.4 is 16.0 Å². The number of anilines is 2. The summed E-state index contributed by atoms with van der Waals surface area (Å²) < 4.78 is 0. The lowest BCUT2D eigenvalue weighted by Gasteiger charge is -2.09. The first-order valence-electron chi connectivity index (χ1n) is 6.62. The molecule has 1 fully saturated rings. The maximum absolute atomic E-state index is 11.7. The molecule has 0 heterocycles. The highest BCUT2D eigenvalue weighted by Gasteiger charge is 2.20. The smallest absolute Gasteiger partial charge is 0.238 e. The Labute approximate surface area is 123 Å². The Bertz CT molecular complexity index is 515. The summed E-state index contributed by atoms with van der Waals surface area (Å²) in [6.45, 7) is 2.61. The van der Waals surface area contributed by atoms with Crippen LogP contribution in [-0.4, -0.2) is 24.9 Å². The van der Waals surface area contributed by atoms with Crippen molar-refractivity contribution in [2.24, 2.45) is 5.92 Å². The monoisotopic (exact) mass is 295 g/mol. The molecule has 2 rings (SSSR count). The van der Waals surface area contributed by atoms with Crippen LogP contribution in [0.2, 0.25) is 5.02 Å². The van der Waals surface area contributed by atoms with Gasteiger partial charge in [0, 0.05) is 12.6 Å². The number of hydrogen-bond acceptors (Lipinski definition) is 3. The van der Waals surface area contributed by atoms with Gasteiger partial charge in [-0.3, -0.25) is 9.59 Å². The molecule has 6 heteroatoms. The van der Waals surface area contributed by atoms with Crippen LogP contribution in [-0.2, 0) is 9.59 Å². The Balaban J connectivity index is 1.83. The quantitative estimate of drug-likeness (QED) is 0.754. The Kier molecular flexibility index (Phi) is 4.98. The molecule has 0 radical (unpaired) electrons. The molecule has 20 heavy (non-hydrogen) atoms. The van der Waals surface area contributed by atoms with Gasteiger partial charge in [-0.1, -0.05) is 11.6 Å². The van der Waals surface area contributed by atoms with Crippen molar-refractivity contribution in [2.75, 3.05) is 23.7 Å². The van der Waals surface area contributed by atoms with Gasteiger partial charge >= 0.3 is 0 Å². The normalized spacial score (nSPS) is 13.9. The number of amides is 2. The van der Waals surface area contributed by atoms with Crippen LogP contribution in [0.25, 0.3) is 0 Å². The number of hydrogen-bond donors (Lipinski definition) is 3. The van der Waals surface area contributed by atoms with Crippen molar-refractivity contribution in [3.63, 3.8) is 0 Å². The molecule has 1 aromatic rings. The van der Waals surface area contributed by atoms with Gasteiger partial charge in [0.25, 0.3) is 0 Å². The van der Waals surface area contributed by atoms with Crippen molar-refractivity contribution in [3.05, 3.63) is 23.2 Å². The average Bonchev–Trinajstić information content (AvgIpc) is 3.16. The van der Waals surface area contributed by atoms with Crippen molar-refractivity contribution >= 4 is 34.8 Å². The van der Waals surface area contributed by atoms with Crippen molar-refractivity contribution in [1.29, 1.82) is 0 Å². The lowest BCUT2D eigenvalue weighted by Crippen LogP contribution is -2.29. The first-order valence-corrected chi connectivity index (χ1v) is 7.00. The molecule has 0 aliphatic heterocycles. The zero-order chi connectivity index (χ0) is 14.5. The molecule has 0 atom stereocenters. The van der Waals surface area contributed by atoms with Crippen LogP contribution in [0.3, 0.4) is 0 Å². The molecular weight excluding hydrogens is 278 g/mol. The van der Waals surface area contributed by atoms with E-state index in [-0.39, 0.29) is 11.8 Å². The number of carbonyl (C=O) groups is 2. The second-order valence-electron chi connectivity index (χ2n) is 5.00. The second-order valence-corrected chi connectivity index (χ2v) is 5.41. The number of carbonyl (C=O) groups excluding carboxylic acids is 2. The summed E-state index contributed by atoms with van der Waals surface area (Å²) >= 11 is 6.03. The molecule has 1 aliphatic rings. The summed E-state index contributed by atoms with van der Waals surface area (Å²) in [4.78, 5) is 22.7. The van der Waals surface area contributed by atoms with E-state index in [0.717, 1.165) is 12.5 Å². The van der Waals surface area contributed by atoms with E-state index in [2.05, 4.69) is 16.0 Å². The molecule has 3 N–H and O–H groups in total. The van der Waals surface area contributed by atoms with Crippen LogP contribution >= 0.6 is 11.6 Å². The fourth-order valence-corrected chi connectivity index (χ4v) is 2.03. The molecule has 1 aromatic carbocycles. The summed E-state index contributed by atoms with van der Waals surface area (Å²) in [7, 11) is 0. The molecule has 0 saturated heterocycles. The van der Waals surface area contributed by atoms with Crippen LogP contribution in [0.4, 0.5) is 11.4 Å². The summed E-state index contributed by atoms with van der Waals surface area (Å²) in [5.41, 5.74) is 1.14. The zero-order valence-electron chi connectivity index (χ0n) is 11.3. The summed E-state index contributed by atoms with van der Waals surface area (Å²) in [6.07, 6.45) is 2.52. The number of benzene rings is 1. The lowest BCUT2D eigenvalue weighted by atomic mass is 10.2. The summed E-state index contributed by atoms with van der Waals surface area (Å²) in [5.74, 6) is 0.455. The predicted molar refractivity (Wildman–Crippen MR) is 80.0 cm³/mol. The molecule has 1 aliphatic carbocycles. The molecule has 0 aromatic heterocycles. The van der Waals surface area contributed by atoms with Crippen molar-refractivity contribution in [2.45, 2.75) is 19.8 Å². The molecule has 1 saturated carbocycles. The SMILES string of the molecule is CC(=O)Nc1ccc(NC(=O)CNCC2CC2)cc1Cl. The third-order valence-electron chi connectivity index (χ3n) is 2.98. The molecule has 0 unspecified atom stereocenters. The van der Waals surface area contributed by atoms with Gasteiger partial charge in [0.15, 0.2) is 0 Å². The van der Waals surface area contributed by atoms with Crippen LogP contribution in [0.5, 0.6) is 0 Å². The molecule has 0 spiro atoms. The highest BCUT2D eigenvalue weighted by Crippen LogP contribution is 2.27. The van der Waals surface area contributed by atoms with Crippen molar-refractivity contribution < 1.29 is 9.59 Å². The van der Waals surface area contributed by atoms with Gasteiger partial charge in [0.05, 0.1) is 17.3 Å². The van der Waals surface area contributed by atoms with Crippen molar-refractivity contribution in [3.8, 4) is 0 Å². The zero-order valence-corrected chi connectivity index (χ0v) is 12.1. The van der Waals surface area contributed by atoms with Gasteiger partial charge < -0.3 is 16.0 Å². The lowest BCUT2D eigenvalue weighted by molar-refractivity contribution is -0.115. The Morgan fingerprint density at radius 3 is 2.65 bits per heavy atom. The van der Waals surface area contributed by atoms with Gasteiger partial charge in [-0.2, -0.15) is 0 Å². The van der Waals surface area contributed by atoms with Gasteiger partial charge in [-0.25, -0.2) is 0 Å². The van der Waals surface area contributed by atoms with E-state index >= 15 is 0 Å². The minimum absolute atomic E-state index is 0.103. The van der Waals surface area contributed by atoms with Gasteiger partial charge in [0.1, 0.15) is 0 Å². The minimum atomic E-state index is -0.187. The third-order valence-corrected chi connectivity index (χ3v) is 3.29. The van der Waals surface area contributed by atoms with Crippen LogP contribution in [0.1, 0.15) is 19.8 Å². The van der Waals surface area contributed by atoms with E-state index in [1.165, 1.54) is 19.8 Å². The Morgan fingerprint density at radius 1 is 1.30 bits per heavy atom. The first kappa shape index (κ1) is 14.8. The van der Waals surface area contributed by atoms with E-state index < -0.39 is 0 Å². The third kappa shape index (κ3) is 4.83. The molecule has 0 bridgehead atoms. The van der Waals surface area contributed by atoms with E-state index in [1.807, 2.05) is 0 Å². The molecule has 108 valence electrons. The van der Waals surface area contributed by atoms with E-state index in [4.69, 9.17) is 11.6 Å². The van der Waals surface area contributed by atoms with E-state index in [1.54, 1.807) is 18.2 Å². The number of rotatable bonds is 6. The predicted octanol–water partition coefficient (Wildman–Crippen LogP) is 2.24. The average molecular weight is 296 g/mol. The fourth-order valence-electron chi connectivity index (χ4n) is 1.80. The highest BCUT2D eigenvalue weighted by molar-refractivity contribution is 6.34. The van der Waals surface area contributed by atoms with Crippen LogP contribution in [0, 0.1) is 5.92 Å². The maximum atomic E-state index is 11.7. The summed E-state index contributed by atoms with van der Waals surface area (Å²) in [6, 6.07) is 4.98. The Morgan fingerprint density at radius 2 is 2.05 bits per heavy atom. The number of halogens is 1. The first-order chi connectivity index (χ1) is 9.54. The van der Waals surface area contributed by atoms with E-state index in [9.17, 15) is 9.59 Å². The van der Waals surface area contributed by atoms with E-state index in [0.29, 0.717) is 22.9 Å². The standard InChI is InChI=1S/C14H18ClN3O2/c1-9(19)17-13-5-4-11(6-12(13)15)18-14(20)8-16-7-10-2-3-10/h4-6,10,16H,2-3,7-8H2,1H3,(H,17,19)(H,18,20). The highest BCUT2D eigenvalue weighted by atomic mass is 35.5. The van der Waals surface area contributed by atoms with Gasteiger partial charge in [0.2, 0.25) is 11.8 Å². The maximum Gasteiger partial charge on any atom is 0.238 e. The largest absolute Gasteiger partial charge is 0.325 e. The van der Waals surface area contributed by atoms with Gasteiger partial charge in [-0.15, -0.1) is 0 Å². The summed E-state index contributed by atoms with van der Waals surface area (Å²) in [5, 5.41) is 8.88. The molecule has 5 nitrogen and oxygen atoms in total. The topological polar surface area (TPSA) is 70.2 Å². The number of nitrogens with one attached hydrogen (secondary N) is 3. The second kappa shape index (κ2) is 6.72. The molecular formula is C14H18ClN3O2. The fraction of sp³-hybridized carbons (Fsp3) is 0.429. The minimum Gasteiger partial charge on any atom is -0.325 e. The van der Waals surface area contributed by atoms with Gasteiger partial charge in [-0.05, 0) is 43.5 Å². The van der Waals surface area contributed by atoms with Crippen molar-refractivity contribution in [1.82, 2.24) is 5.32 Å². The molecule has 2 amide bonds. The van der Waals surface area contributed by atoms with Crippen LogP contribution in [0.15, 0.2) is 18.2 Å².